The molecule has 0 aromatic rings. The van der Waals surface area contributed by atoms with Gasteiger partial charge in [0.15, 0.2) is 0 Å². The molecule has 0 aliphatic rings. The summed E-state index contributed by atoms with van der Waals surface area (Å²) in [5.41, 5.74) is -0.536. The highest BCUT2D eigenvalue weighted by atomic mass is 16.3. The number of aliphatic hydroxyl groups is 1. The van der Waals surface area contributed by atoms with Crippen LogP contribution in [0.15, 0.2) is 0 Å². The zero-order chi connectivity index (χ0) is 13.1. The summed E-state index contributed by atoms with van der Waals surface area (Å²) < 4.78 is 0. The van der Waals surface area contributed by atoms with Crippen LogP contribution in [0.3, 0.4) is 0 Å². The molecule has 0 rings (SSSR count). The molecular formula is C13H27NO2. The van der Waals surface area contributed by atoms with Crippen molar-refractivity contribution >= 4 is 5.91 Å². The third-order valence-electron chi connectivity index (χ3n) is 4.18. The van der Waals surface area contributed by atoms with E-state index in [2.05, 4.69) is 33.0 Å². The zero-order valence-corrected chi connectivity index (χ0v) is 11.7. The summed E-state index contributed by atoms with van der Waals surface area (Å²) in [6.07, 6.45) is -0.498. The lowest BCUT2D eigenvalue weighted by Crippen LogP contribution is -2.49. The van der Waals surface area contributed by atoms with Crippen LogP contribution in [0.4, 0.5) is 0 Å². The van der Waals surface area contributed by atoms with E-state index in [1.165, 1.54) is 0 Å². The van der Waals surface area contributed by atoms with Crippen molar-refractivity contribution in [2.24, 2.45) is 16.7 Å². The number of nitrogens with one attached hydrogen (secondary N) is 1. The normalized spacial score (nSPS) is 15.1. The number of hydrogen-bond donors (Lipinski definition) is 2. The van der Waals surface area contributed by atoms with Gasteiger partial charge in [-0.1, -0.05) is 41.5 Å². The van der Waals surface area contributed by atoms with E-state index in [9.17, 15) is 4.79 Å². The second kappa shape index (κ2) is 5.17. The fourth-order valence-electron chi connectivity index (χ4n) is 1.48. The van der Waals surface area contributed by atoms with E-state index in [0.29, 0.717) is 12.5 Å². The molecule has 0 fully saturated rings. The number of hydrogen-bond acceptors (Lipinski definition) is 2. The van der Waals surface area contributed by atoms with E-state index in [1.54, 1.807) is 6.92 Å². The summed E-state index contributed by atoms with van der Waals surface area (Å²) >= 11 is 0. The summed E-state index contributed by atoms with van der Waals surface area (Å²) in [6, 6.07) is 0. The Balaban J connectivity index is 4.71. The molecule has 0 aromatic heterocycles. The summed E-state index contributed by atoms with van der Waals surface area (Å²) in [4.78, 5) is 12.1. The van der Waals surface area contributed by atoms with Crippen LogP contribution in [0.25, 0.3) is 0 Å². The predicted molar refractivity (Wildman–Crippen MR) is 67.1 cm³/mol. The molecule has 0 saturated heterocycles. The average Bonchev–Trinajstić information content (AvgIpc) is 2.13. The third kappa shape index (κ3) is 3.21. The second-order valence-corrected chi connectivity index (χ2v) is 6.06. The molecule has 1 unspecified atom stereocenters. The molecule has 16 heavy (non-hydrogen) atoms. The van der Waals surface area contributed by atoms with Gasteiger partial charge in [0, 0.05) is 12.0 Å². The highest BCUT2D eigenvalue weighted by Crippen LogP contribution is 2.44. The van der Waals surface area contributed by atoms with Crippen LogP contribution in [-0.2, 0) is 4.79 Å². The van der Waals surface area contributed by atoms with Crippen molar-refractivity contribution < 1.29 is 9.90 Å². The van der Waals surface area contributed by atoms with Gasteiger partial charge in [-0.25, -0.2) is 0 Å². The van der Waals surface area contributed by atoms with Gasteiger partial charge in [0.1, 0.15) is 0 Å². The predicted octanol–water partition coefficient (Wildman–Crippen LogP) is 2.19. The van der Waals surface area contributed by atoms with Gasteiger partial charge in [0.25, 0.3) is 0 Å². The minimum Gasteiger partial charge on any atom is -0.392 e. The highest BCUT2D eigenvalue weighted by molar-refractivity contribution is 5.82. The molecule has 0 bridgehead atoms. The van der Waals surface area contributed by atoms with Gasteiger partial charge in [-0.2, -0.15) is 0 Å². The lowest BCUT2D eigenvalue weighted by molar-refractivity contribution is -0.138. The van der Waals surface area contributed by atoms with Crippen LogP contribution in [0, 0.1) is 16.7 Å². The van der Waals surface area contributed by atoms with Crippen LogP contribution in [-0.4, -0.2) is 23.7 Å². The van der Waals surface area contributed by atoms with Gasteiger partial charge in [-0.15, -0.1) is 0 Å². The van der Waals surface area contributed by atoms with Crippen LogP contribution >= 0.6 is 0 Å². The monoisotopic (exact) mass is 229 g/mol. The molecule has 3 heteroatoms. The molecule has 96 valence electrons. The van der Waals surface area contributed by atoms with E-state index in [4.69, 9.17) is 5.11 Å². The summed E-state index contributed by atoms with van der Waals surface area (Å²) in [5.74, 6) is 0.423. The van der Waals surface area contributed by atoms with Gasteiger partial charge >= 0.3 is 0 Å². The first kappa shape index (κ1) is 15.4. The molecule has 3 nitrogen and oxygen atoms in total. The molecule has 0 aliphatic carbocycles. The maximum Gasteiger partial charge on any atom is 0.226 e. The quantitative estimate of drug-likeness (QED) is 0.759. The molecule has 0 radical (unpaired) electrons. The Morgan fingerprint density at radius 2 is 1.62 bits per heavy atom. The smallest absolute Gasteiger partial charge is 0.226 e. The zero-order valence-electron chi connectivity index (χ0n) is 11.7. The molecule has 0 heterocycles. The minimum atomic E-state index is -0.498. The number of carbonyl (C=O) groups excluding carboxylic acids is 1. The molecule has 2 N–H and O–H groups in total. The Morgan fingerprint density at radius 3 is 1.94 bits per heavy atom. The average molecular weight is 229 g/mol. The first-order valence-corrected chi connectivity index (χ1v) is 5.99. The standard InChI is InChI=1S/C13H27NO2/c1-9(2)12(4,5)13(6,7)11(16)14-8-10(3)15/h9-10,15H,8H2,1-7H3,(H,14,16). The molecular weight excluding hydrogens is 202 g/mol. The Morgan fingerprint density at radius 1 is 1.19 bits per heavy atom. The van der Waals surface area contributed by atoms with Crippen molar-refractivity contribution in [3.63, 3.8) is 0 Å². The van der Waals surface area contributed by atoms with E-state index in [0.717, 1.165) is 0 Å². The molecule has 0 saturated carbocycles. The number of aliphatic hydroxyl groups excluding tert-OH is 1. The topological polar surface area (TPSA) is 49.3 Å². The number of rotatable bonds is 5. The number of carbonyl (C=O) groups is 1. The van der Waals surface area contributed by atoms with Crippen molar-refractivity contribution in [2.45, 2.75) is 54.6 Å². The van der Waals surface area contributed by atoms with Crippen molar-refractivity contribution in [1.82, 2.24) is 5.32 Å². The first-order valence-electron chi connectivity index (χ1n) is 5.99. The van der Waals surface area contributed by atoms with E-state index >= 15 is 0 Å². The summed E-state index contributed by atoms with van der Waals surface area (Å²) in [5, 5.41) is 12.0. The Bertz CT molecular complexity index is 242. The van der Waals surface area contributed by atoms with Crippen LogP contribution < -0.4 is 5.32 Å². The van der Waals surface area contributed by atoms with Crippen LogP contribution in [0.1, 0.15) is 48.5 Å². The second-order valence-electron chi connectivity index (χ2n) is 6.06. The van der Waals surface area contributed by atoms with Crippen molar-refractivity contribution in [3.05, 3.63) is 0 Å². The van der Waals surface area contributed by atoms with Gasteiger partial charge < -0.3 is 10.4 Å². The maximum absolute atomic E-state index is 12.1. The lowest BCUT2D eigenvalue weighted by Gasteiger charge is -2.43. The third-order valence-corrected chi connectivity index (χ3v) is 4.18. The molecule has 0 aromatic carbocycles. The van der Waals surface area contributed by atoms with Crippen molar-refractivity contribution in [2.75, 3.05) is 6.54 Å². The van der Waals surface area contributed by atoms with Crippen LogP contribution in [0.5, 0.6) is 0 Å². The minimum absolute atomic E-state index is 0.00657. The maximum atomic E-state index is 12.1. The Hall–Kier alpha value is -0.570. The van der Waals surface area contributed by atoms with E-state index in [1.807, 2.05) is 13.8 Å². The molecule has 0 spiro atoms. The van der Waals surface area contributed by atoms with Crippen LogP contribution in [0.2, 0.25) is 0 Å². The van der Waals surface area contributed by atoms with Gasteiger partial charge in [0.05, 0.1) is 6.10 Å². The van der Waals surface area contributed by atoms with Gasteiger partial charge in [-0.3, -0.25) is 4.79 Å². The fraction of sp³-hybridized carbons (Fsp3) is 0.923. The largest absolute Gasteiger partial charge is 0.392 e. The first-order chi connectivity index (χ1) is 7.03. The summed E-state index contributed by atoms with van der Waals surface area (Å²) in [7, 11) is 0. The SMILES string of the molecule is CC(O)CNC(=O)C(C)(C)C(C)(C)C(C)C. The van der Waals surface area contributed by atoms with Crippen molar-refractivity contribution in [1.29, 1.82) is 0 Å². The lowest BCUT2D eigenvalue weighted by atomic mass is 9.61. The van der Waals surface area contributed by atoms with E-state index < -0.39 is 11.5 Å². The molecule has 1 atom stereocenters. The Kier molecular flexibility index (Phi) is 4.99. The van der Waals surface area contributed by atoms with Gasteiger partial charge in [-0.05, 0) is 18.3 Å². The van der Waals surface area contributed by atoms with E-state index in [-0.39, 0.29) is 11.3 Å². The molecule has 0 aliphatic heterocycles. The Labute approximate surface area is 99.6 Å². The van der Waals surface area contributed by atoms with Crippen molar-refractivity contribution in [3.8, 4) is 0 Å². The summed E-state index contributed by atoms with van der Waals surface area (Å²) in [6.45, 7) is 14.4. The molecule has 1 amide bonds. The fourth-order valence-corrected chi connectivity index (χ4v) is 1.48. The number of amides is 1. The van der Waals surface area contributed by atoms with Gasteiger partial charge in [0.2, 0.25) is 5.91 Å². The highest BCUT2D eigenvalue weighted by Gasteiger charge is 2.44.